The molecule has 2 N–H and O–H groups in total. The standard InChI is InChI=1S/C24H29FN4O3/c1-17-3-5-19(6-4-17)22(26-18(2)30)15-24(32)29-13-11-28(12-14-29)16-23(31)27-21-9-7-20(25)8-10-21/h3-10,22H,11-16H2,1-2H3,(H,26,30)(H,27,31)/t22-/m1/s1. The molecule has 2 aromatic carbocycles. The summed E-state index contributed by atoms with van der Waals surface area (Å²) in [5, 5.41) is 5.62. The molecule has 0 saturated carbocycles. The third kappa shape index (κ3) is 6.88. The Labute approximate surface area is 187 Å². The van der Waals surface area contributed by atoms with Crippen LogP contribution >= 0.6 is 0 Å². The normalized spacial score (nSPS) is 15.2. The van der Waals surface area contributed by atoms with Crippen LogP contribution in [-0.4, -0.2) is 60.2 Å². The van der Waals surface area contributed by atoms with Crippen molar-refractivity contribution in [2.45, 2.75) is 26.3 Å². The van der Waals surface area contributed by atoms with Gasteiger partial charge in [0.05, 0.1) is 19.0 Å². The molecule has 1 aliphatic heterocycles. The highest BCUT2D eigenvalue weighted by atomic mass is 19.1. The number of rotatable bonds is 7. The van der Waals surface area contributed by atoms with Crippen molar-refractivity contribution in [2.24, 2.45) is 0 Å². The second-order valence-electron chi connectivity index (χ2n) is 8.08. The van der Waals surface area contributed by atoms with E-state index in [1.807, 2.05) is 36.1 Å². The molecule has 0 bridgehead atoms. The van der Waals surface area contributed by atoms with Crippen molar-refractivity contribution < 1.29 is 18.8 Å². The van der Waals surface area contributed by atoms with Crippen LogP contribution in [0.5, 0.6) is 0 Å². The van der Waals surface area contributed by atoms with Gasteiger partial charge >= 0.3 is 0 Å². The van der Waals surface area contributed by atoms with E-state index in [4.69, 9.17) is 0 Å². The van der Waals surface area contributed by atoms with Crippen LogP contribution < -0.4 is 10.6 Å². The lowest BCUT2D eigenvalue weighted by Crippen LogP contribution is -2.51. The maximum atomic E-state index is 13.0. The Kier molecular flexibility index (Phi) is 7.94. The number of hydrogen-bond donors (Lipinski definition) is 2. The molecule has 7 nitrogen and oxygen atoms in total. The number of aryl methyl sites for hydroxylation is 1. The van der Waals surface area contributed by atoms with Crippen molar-refractivity contribution in [3.8, 4) is 0 Å². The van der Waals surface area contributed by atoms with E-state index in [9.17, 15) is 18.8 Å². The van der Waals surface area contributed by atoms with Crippen LogP contribution in [0.3, 0.4) is 0 Å². The summed E-state index contributed by atoms with van der Waals surface area (Å²) < 4.78 is 13.0. The average Bonchev–Trinajstić information content (AvgIpc) is 2.75. The van der Waals surface area contributed by atoms with Crippen molar-refractivity contribution in [1.82, 2.24) is 15.1 Å². The van der Waals surface area contributed by atoms with Gasteiger partial charge in [-0.1, -0.05) is 29.8 Å². The quantitative estimate of drug-likeness (QED) is 0.693. The molecular weight excluding hydrogens is 411 g/mol. The molecule has 3 amide bonds. The van der Waals surface area contributed by atoms with Gasteiger partial charge in [-0.3, -0.25) is 19.3 Å². The van der Waals surface area contributed by atoms with Gasteiger partial charge < -0.3 is 15.5 Å². The van der Waals surface area contributed by atoms with Crippen molar-refractivity contribution in [3.63, 3.8) is 0 Å². The first-order chi connectivity index (χ1) is 15.3. The third-order valence-electron chi connectivity index (χ3n) is 5.46. The van der Waals surface area contributed by atoms with Gasteiger partial charge in [0.1, 0.15) is 5.82 Å². The molecule has 0 radical (unpaired) electrons. The van der Waals surface area contributed by atoms with E-state index in [1.54, 1.807) is 4.90 Å². The molecule has 1 saturated heterocycles. The molecule has 0 spiro atoms. The Morgan fingerprint density at radius 3 is 2.19 bits per heavy atom. The number of carbonyl (C=O) groups is 3. The Bertz CT molecular complexity index is 939. The molecule has 1 fully saturated rings. The summed E-state index contributed by atoms with van der Waals surface area (Å²) in [5.41, 5.74) is 2.56. The van der Waals surface area contributed by atoms with Gasteiger partial charge in [0.25, 0.3) is 0 Å². The van der Waals surface area contributed by atoms with Crippen LogP contribution in [0.25, 0.3) is 0 Å². The molecule has 8 heteroatoms. The Hall–Kier alpha value is -3.26. The zero-order chi connectivity index (χ0) is 23.1. The van der Waals surface area contributed by atoms with Crippen LogP contribution in [0.15, 0.2) is 48.5 Å². The molecule has 1 atom stereocenters. The summed E-state index contributed by atoms with van der Waals surface area (Å²) in [5.74, 6) is -0.742. The molecule has 1 heterocycles. The number of anilines is 1. The first kappa shape index (κ1) is 23.4. The van der Waals surface area contributed by atoms with Crippen LogP contribution in [0.4, 0.5) is 10.1 Å². The molecule has 0 aromatic heterocycles. The molecule has 3 rings (SSSR count). The summed E-state index contributed by atoms with van der Waals surface area (Å²) in [7, 11) is 0. The lowest BCUT2D eigenvalue weighted by atomic mass is 10.0. The fourth-order valence-corrected chi connectivity index (χ4v) is 3.69. The number of halogens is 1. The minimum atomic E-state index is -0.375. The molecule has 170 valence electrons. The number of carbonyl (C=O) groups excluding carboxylic acids is 3. The number of benzene rings is 2. The lowest BCUT2D eigenvalue weighted by Gasteiger charge is -2.35. The molecule has 2 aromatic rings. The van der Waals surface area contributed by atoms with Gasteiger partial charge in [-0.15, -0.1) is 0 Å². The van der Waals surface area contributed by atoms with Crippen LogP contribution in [-0.2, 0) is 14.4 Å². The highest BCUT2D eigenvalue weighted by molar-refractivity contribution is 5.92. The largest absolute Gasteiger partial charge is 0.349 e. The average molecular weight is 441 g/mol. The molecule has 0 aliphatic carbocycles. The smallest absolute Gasteiger partial charge is 0.238 e. The van der Waals surface area contributed by atoms with Gasteiger partial charge in [0, 0.05) is 38.8 Å². The maximum Gasteiger partial charge on any atom is 0.238 e. The predicted molar refractivity (Wildman–Crippen MR) is 120 cm³/mol. The predicted octanol–water partition coefficient (Wildman–Crippen LogP) is 2.48. The highest BCUT2D eigenvalue weighted by Gasteiger charge is 2.25. The van der Waals surface area contributed by atoms with E-state index in [0.717, 1.165) is 11.1 Å². The van der Waals surface area contributed by atoms with Crippen LogP contribution in [0, 0.1) is 12.7 Å². The summed E-state index contributed by atoms with van der Waals surface area (Å²) in [6.07, 6.45) is 0.188. The summed E-state index contributed by atoms with van der Waals surface area (Å²) in [6.45, 7) is 5.84. The Morgan fingerprint density at radius 2 is 1.59 bits per heavy atom. The first-order valence-electron chi connectivity index (χ1n) is 10.7. The lowest BCUT2D eigenvalue weighted by molar-refractivity contribution is -0.133. The summed E-state index contributed by atoms with van der Waals surface area (Å²) in [4.78, 5) is 40.5. The second kappa shape index (κ2) is 10.9. The Morgan fingerprint density at radius 1 is 0.969 bits per heavy atom. The zero-order valence-corrected chi connectivity index (χ0v) is 18.4. The van der Waals surface area contributed by atoms with E-state index in [1.165, 1.54) is 31.2 Å². The molecule has 1 aliphatic rings. The SMILES string of the molecule is CC(=O)N[C@H](CC(=O)N1CCN(CC(=O)Nc2ccc(F)cc2)CC1)c1ccc(C)cc1. The number of piperazine rings is 1. The van der Waals surface area contributed by atoms with E-state index in [2.05, 4.69) is 10.6 Å². The zero-order valence-electron chi connectivity index (χ0n) is 18.4. The summed E-state index contributed by atoms with van der Waals surface area (Å²) >= 11 is 0. The monoisotopic (exact) mass is 440 g/mol. The van der Waals surface area contributed by atoms with Gasteiger partial charge in [0.15, 0.2) is 0 Å². The fraction of sp³-hybridized carbons (Fsp3) is 0.375. The van der Waals surface area contributed by atoms with Gasteiger partial charge in [-0.2, -0.15) is 0 Å². The molecular formula is C24H29FN4O3. The van der Waals surface area contributed by atoms with Gasteiger partial charge in [-0.05, 0) is 36.8 Å². The third-order valence-corrected chi connectivity index (χ3v) is 5.46. The van der Waals surface area contributed by atoms with Crippen LogP contribution in [0.1, 0.15) is 30.5 Å². The second-order valence-corrected chi connectivity index (χ2v) is 8.08. The first-order valence-corrected chi connectivity index (χ1v) is 10.7. The Balaban J connectivity index is 1.49. The maximum absolute atomic E-state index is 13.0. The minimum Gasteiger partial charge on any atom is -0.349 e. The fourth-order valence-electron chi connectivity index (χ4n) is 3.69. The number of amides is 3. The van der Waals surface area contributed by atoms with Gasteiger partial charge in [0.2, 0.25) is 17.7 Å². The number of nitrogens with zero attached hydrogens (tertiary/aromatic N) is 2. The number of nitrogens with one attached hydrogen (secondary N) is 2. The van der Waals surface area contributed by atoms with E-state index in [0.29, 0.717) is 31.9 Å². The van der Waals surface area contributed by atoms with Crippen molar-refractivity contribution >= 4 is 23.4 Å². The summed E-state index contributed by atoms with van der Waals surface area (Å²) in [6, 6.07) is 13.0. The topological polar surface area (TPSA) is 81.8 Å². The van der Waals surface area contributed by atoms with Crippen molar-refractivity contribution in [2.75, 3.05) is 38.0 Å². The van der Waals surface area contributed by atoms with Crippen molar-refractivity contribution in [1.29, 1.82) is 0 Å². The number of hydrogen-bond acceptors (Lipinski definition) is 4. The van der Waals surface area contributed by atoms with E-state index >= 15 is 0 Å². The highest BCUT2D eigenvalue weighted by Crippen LogP contribution is 2.19. The van der Waals surface area contributed by atoms with E-state index in [-0.39, 0.29) is 42.5 Å². The molecule has 0 unspecified atom stereocenters. The minimum absolute atomic E-state index is 0.0280. The van der Waals surface area contributed by atoms with Crippen molar-refractivity contribution in [3.05, 3.63) is 65.5 Å². The van der Waals surface area contributed by atoms with E-state index < -0.39 is 0 Å². The molecule has 32 heavy (non-hydrogen) atoms. The van der Waals surface area contributed by atoms with Gasteiger partial charge in [-0.25, -0.2) is 4.39 Å². The van der Waals surface area contributed by atoms with Crippen LogP contribution in [0.2, 0.25) is 0 Å².